The topological polar surface area (TPSA) is 112 Å². The highest BCUT2D eigenvalue weighted by molar-refractivity contribution is 5.90. The SMILES string of the molecule is CCCC(C)n1nc(Oc2cc(=O)cc[nH]2)c2c(N)ncnc21. The van der Waals surface area contributed by atoms with Crippen LogP contribution in [0, 0.1) is 0 Å². The number of hydrogen-bond donors (Lipinski definition) is 2. The van der Waals surface area contributed by atoms with Gasteiger partial charge in [-0.25, -0.2) is 14.6 Å². The molecule has 3 aromatic rings. The standard InChI is InChI=1S/C15H18N6O2/c1-3-4-9(2)21-14-12(13(16)18-8-19-14)15(20-21)23-11-7-10(22)5-6-17-11/h5-9H,3-4H2,1-2H3,(H,17,22)(H2,16,18,19). The van der Waals surface area contributed by atoms with Crippen molar-refractivity contribution in [1.82, 2.24) is 24.7 Å². The van der Waals surface area contributed by atoms with Crippen molar-refractivity contribution < 1.29 is 4.74 Å². The van der Waals surface area contributed by atoms with Crippen LogP contribution in [0.5, 0.6) is 11.8 Å². The molecular weight excluding hydrogens is 296 g/mol. The van der Waals surface area contributed by atoms with Gasteiger partial charge in [0, 0.05) is 18.3 Å². The van der Waals surface area contributed by atoms with Crippen molar-refractivity contribution in [2.24, 2.45) is 0 Å². The summed E-state index contributed by atoms with van der Waals surface area (Å²) < 4.78 is 7.50. The number of nitrogens with two attached hydrogens (primary N) is 1. The van der Waals surface area contributed by atoms with Crippen LogP contribution < -0.4 is 15.9 Å². The van der Waals surface area contributed by atoms with Crippen molar-refractivity contribution in [2.45, 2.75) is 32.7 Å². The number of aromatic amines is 1. The first-order valence-electron chi connectivity index (χ1n) is 7.45. The fraction of sp³-hybridized carbons (Fsp3) is 0.333. The molecule has 0 spiro atoms. The van der Waals surface area contributed by atoms with Gasteiger partial charge >= 0.3 is 0 Å². The summed E-state index contributed by atoms with van der Waals surface area (Å²) in [6.07, 6.45) is 4.88. The molecule has 0 aliphatic rings. The molecule has 8 nitrogen and oxygen atoms in total. The van der Waals surface area contributed by atoms with Gasteiger partial charge in [0.15, 0.2) is 11.1 Å². The van der Waals surface area contributed by atoms with E-state index in [1.54, 1.807) is 4.68 Å². The maximum absolute atomic E-state index is 11.4. The summed E-state index contributed by atoms with van der Waals surface area (Å²) >= 11 is 0. The van der Waals surface area contributed by atoms with Crippen LogP contribution in [0.15, 0.2) is 29.5 Å². The number of anilines is 1. The average Bonchev–Trinajstić information content (AvgIpc) is 2.88. The van der Waals surface area contributed by atoms with Crippen LogP contribution in [0.1, 0.15) is 32.7 Å². The molecule has 0 saturated carbocycles. The summed E-state index contributed by atoms with van der Waals surface area (Å²) in [6, 6.07) is 2.90. The molecule has 23 heavy (non-hydrogen) atoms. The number of nitrogens with zero attached hydrogens (tertiary/aromatic N) is 4. The molecule has 120 valence electrons. The van der Waals surface area contributed by atoms with Crippen LogP contribution >= 0.6 is 0 Å². The molecule has 0 fully saturated rings. The van der Waals surface area contributed by atoms with Crippen molar-refractivity contribution in [1.29, 1.82) is 0 Å². The summed E-state index contributed by atoms with van der Waals surface area (Å²) in [5.74, 6) is 0.858. The van der Waals surface area contributed by atoms with E-state index in [0.29, 0.717) is 16.9 Å². The second-order valence-corrected chi connectivity index (χ2v) is 5.34. The van der Waals surface area contributed by atoms with Gasteiger partial charge < -0.3 is 15.5 Å². The normalized spacial score (nSPS) is 12.4. The molecule has 3 aromatic heterocycles. The lowest BCUT2D eigenvalue weighted by atomic mass is 10.2. The van der Waals surface area contributed by atoms with Gasteiger partial charge in [-0.3, -0.25) is 4.79 Å². The van der Waals surface area contributed by atoms with Crippen molar-refractivity contribution in [3.05, 3.63) is 34.9 Å². The molecule has 0 aliphatic heterocycles. The van der Waals surface area contributed by atoms with Gasteiger partial charge in [-0.05, 0) is 13.3 Å². The van der Waals surface area contributed by atoms with Gasteiger partial charge in [0.05, 0.1) is 6.04 Å². The van der Waals surface area contributed by atoms with Crippen LogP contribution in [0.4, 0.5) is 5.82 Å². The number of pyridine rings is 1. The molecule has 0 amide bonds. The van der Waals surface area contributed by atoms with Crippen LogP contribution in [-0.4, -0.2) is 24.7 Å². The van der Waals surface area contributed by atoms with Crippen LogP contribution in [0.25, 0.3) is 11.0 Å². The number of fused-ring (bicyclic) bond motifs is 1. The van der Waals surface area contributed by atoms with Gasteiger partial charge in [0.2, 0.25) is 5.88 Å². The lowest BCUT2D eigenvalue weighted by Crippen LogP contribution is -2.07. The first-order valence-corrected chi connectivity index (χ1v) is 7.45. The van der Waals surface area contributed by atoms with E-state index in [0.717, 1.165) is 12.8 Å². The number of hydrogen-bond acceptors (Lipinski definition) is 6. The quantitative estimate of drug-likeness (QED) is 0.747. The maximum atomic E-state index is 11.4. The number of rotatable bonds is 5. The molecule has 1 unspecified atom stereocenters. The summed E-state index contributed by atoms with van der Waals surface area (Å²) in [5.41, 5.74) is 6.43. The van der Waals surface area contributed by atoms with Gasteiger partial charge in [-0.15, -0.1) is 5.10 Å². The van der Waals surface area contributed by atoms with E-state index in [-0.39, 0.29) is 23.2 Å². The average molecular weight is 314 g/mol. The van der Waals surface area contributed by atoms with Crippen LogP contribution in [-0.2, 0) is 0 Å². The molecular formula is C15H18N6O2. The number of nitrogen functional groups attached to an aromatic ring is 1. The van der Waals surface area contributed by atoms with Crippen LogP contribution in [0.3, 0.4) is 0 Å². The van der Waals surface area contributed by atoms with Crippen molar-refractivity contribution in [2.75, 3.05) is 5.73 Å². The van der Waals surface area contributed by atoms with Gasteiger partial charge in [0.1, 0.15) is 17.5 Å². The molecule has 8 heteroatoms. The summed E-state index contributed by atoms with van der Waals surface area (Å²) in [6.45, 7) is 4.17. The van der Waals surface area contributed by atoms with Gasteiger partial charge in [0.25, 0.3) is 5.88 Å². The Bertz CT molecular complexity index is 885. The van der Waals surface area contributed by atoms with E-state index in [2.05, 4.69) is 33.9 Å². The fourth-order valence-corrected chi connectivity index (χ4v) is 2.47. The molecule has 0 aliphatic carbocycles. The summed E-state index contributed by atoms with van der Waals surface area (Å²) in [4.78, 5) is 22.6. The van der Waals surface area contributed by atoms with Crippen molar-refractivity contribution in [3.8, 4) is 11.8 Å². The zero-order valence-corrected chi connectivity index (χ0v) is 13.0. The highest BCUT2D eigenvalue weighted by atomic mass is 16.5. The third kappa shape index (κ3) is 2.87. The molecule has 3 N–H and O–H groups in total. The molecule has 1 atom stereocenters. The minimum Gasteiger partial charge on any atom is -0.420 e. The highest BCUT2D eigenvalue weighted by Gasteiger charge is 2.20. The Labute approximate surface area is 132 Å². The number of aromatic nitrogens is 5. The van der Waals surface area contributed by atoms with Gasteiger partial charge in [-0.1, -0.05) is 13.3 Å². The molecule has 3 rings (SSSR count). The van der Waals surface area contributed by atoms with E-state index in [9.17, 15) is 4.79 Å². The minimum atomic E-state index is -0.161. The molecule has 0 radical (unpaired) electrons. The Kier molecular flexibility index (Phi) is 3.96. The Hall–Kier alpha value is -2.90. The van der Waals surface area contributed by atoms with E-state index in [1.165, 1.54) is 24.7 Å². The minimum absolute atomic E-state index is 0.143. The second kappa shape index (κ2) is 6.07. The summed E-state index contributed by atoms with van der Waals surface area (Å²) in [7, 11) is 0. The predicted octanol–water partition coefficient (Wildman–Crippen LogP) is 2.25. The summed E-state index contributed by atoms with van der Waals surface area (Å²) in [5, 5.41) is 5.03. The third-order valence-electron chi connectivity index (χ3n) is 3.56. The lowest BCUT2D eigenvalue weighted by molar-refractivity contribution is 0.409. The van der Waals surface area contributed by atoms with Crippen LogP contribution in [0.2, 0.25) is 0 Å². The van der Waals surface area contributed by atoms with E-state index in [1.807, 2.05) is 0 Å². The van der Waals surface area contributed by atoms with Crippen molar-refractivity contribution in [3.63, 3.8) is 0 Å². The maximum Gasteiger partial charge on any atom is 0.253 e. The highest BCUT2D eigenvalue weighted by Crippen LogP contribution is 2.32. The lowest BCUT2D eigenvalue weighted by Gasteiger charge is -2.10. The molecule has 3 heterocycles. The molecule has 0 aromatic carbocycles. The predicted molar refractivity (Wildman–Crippen MR) is 86.5 cm³/mol. The van der Waals surface area contributed by atoms with E-state index >= 15 is 0 Å². The monoisotopic (exact) mass is 314 g/mol. The largest absolute Gasteiger partial charge is 0.420 e. The molecule has 0 saturated heterocycles. The van der Waals surface area contributed by atoms with E-state index < -0.39 is 0 Å². The Morgan fingerprint density at radius 2 is 2.26 bits per heavy atom. The first kappa shape index (κ1) is 15.0. The van der Waals surface area contributed by atoms with Crippen molar-refractivity contribution >= 4 is 16.9 Å². The Balaban J connectivity index is 2.11. The first-order chi connectivity index (χ1) is 11.1. The Morgan fingerprint density at radius 1 is 1.43 bits per heavy atom. The number of H-pyrrole nitrogens is 1. The van der Waals surface area contributed by atoms with Gasteiger partial charge in [-0.2, -0.15) is 0 Å². The third-order valence-corrected chi connectivity index (χ3v) is 3.56. The number of nitrogens with one attached hydrogen (secondary N) is 1. The smallest absolute Gasteiger partial charge is 0.253 e. The zero-order chi connectivity index (χ0) is 16.4. The number of ether oxygens (including phenoxy) is 1. The molecule has 0 bridgehead atoms. The zero-order valence-electron chi connectivity index (χ0n) is 13.0. The Morgan fingerprint density at radius 3 is 3.00 bits per heavy atom. The van der Waals surface area contributed by atoms with E-state index in [4.69, 9.17) is 10.5 Å². The fourth-order valence-electron chi connectivity index (χ4n) is 2.47. The second-order valence-electron chi connectivity index (χ2n) is 5.34.